The summed E-state index contributed by atoms with van der Waals surface area (Å²) in [5.41, 5.74) is 1.67. The molecule has 40 heavy (non-hydrogen) atoms. The highest BCUT2D eigenvalue weighted by molar-refractivity contribution is 5.90. The van der Waals surface area contributed by atoms with E-state index in [1.807, 2.05) is 12.4 Å². The molecule has 1 aliphatic rings. The molecule has 3 rings (SSSR count). The summed E-state index contributed by atoms with van der Waals surface area (Å²) in [4.78, 5) is 21.6. The Kier molecular flexibility index (Phi) is 15.3. The predicted octanol–water partition coefficient (Wildman–Crippen LogP) is 10.4. The fourth-order valence-electron chi connectivity index (χ4n) is 5.88. The number of aromatic nitrogens is 2. The van der Waals surface area contributed by atoms with Crippen LogP contribution in [-0.4, -0.2) is 22.0 Å². The van der Waals surface area contributed by atoms with E-state index in [4.69, 9.17) is 4.74 Å². The molecule has 2 aromatic rings. The number of nitrogens with zero attached hydrogens (tertiary/aromatic N) is 2. The maximum atomic E-state index is 14.9. The van der Waals surface area contributed by atoms with Crippen molar-refractivity contribution in [3.05, 3.63) is 47.5 Å². The fraction of sp³-hybridized carbons (Fsp3) is 0.686. The minimum absolute atomic E-state index is 0.00972. The largest absolute Gasteiger partial charge is 0.459 e. The van der Waals surface area contributed by atoms with Gasteiger partial charge in [-0.3, -0.25) is 0 Å². The highest BCUT2D eigenvalue weighted by atomic mass is 19.1. The third kappa shape index (κ3) is 11.7. The minimum Gasteiger partial charge on any atom is -0.459 e. The standard InChI is InChI=1S/C35H53FN2O2/c1-3-5-7-9-11-13-15-17-28-19-22-31(23-20-28)40-35(39)32-24-21-30(25-33(32)36)34-37-26-29(27-38-34)18-16-14-12-10-8-6-4-2/h21,24-28,31H,3-20,22-23H2,1-2H3. The van der Waals surface area contributed by atoms with Crippen LogP contribution in [0.5, 0.6) is 0 Å². The van der Waals surface area contributed by atoms with E-state index < -0.39 is 11.8 Å². The lowest BCUT2D eigenvalue weighted by molar-refractivity contribution is 0.0156. The van der Waals surface area contributed by atoms with Crippen LogP contribution in [0.1, 0.15) is 152 Å². The number of halogens is 1. The van der Waals surface area contributed by atoms with Gasteiger partial charge in [-0.05, 0) is 62.1 Å². The summed E-state index contributed by atoms with van der Waals surface area (Å²) in [5.74, 6) is 0.0707. The van der Waals surface area contributed by atoms with E-state index >= 15 is 0 Å². The van der Waals surface area contributed by atoms with Crippen LogP contribution in [0.4, 0.5) is 4.39 Å². The molecule has 0 N–H and O–H groups in total. The Morgan fingerprint density at radius 3 is 1.98 bits per heavy atom. The number of rotatable bonds is 19. The van der Waals surface area contributed by atoms with Gasteiger partial charge in [0.05, 0.1) is 5.56 Å². The third-order valence-electron chi connectivity index (χ3n) is 8.50. The van der Waals surface area contributed by atoms with E-state index in [0.717, 1.165) is 50.0 Å². The molecule has 0 radical (unpaired) electrons. The molecule has 1 saturated carbocycles. The van der Waals surface area contributed by atoms with Crippen LogP contribution >= 0.6 is 0 Å². The molecule has 4 nitrogen and oxygen atoms in total. The molecule has 1 heterocycles. The molecular weight excluding hydrogens is 499 g/mol. The third-order valence-corrected chi connectivity index (χ3v) is 8.50. The van der Waals surface area contributed by atoms with Gasteiger partial charge in [0.15, 0.2) is 5.82 Å². The molecule has 0 atom stereocenters. The first-order chi connectivity index (χ1) is 19.6. The number of carbonyl (C=O) groups is 1. The lowest BCUT2D eigenvalue weighted by Crippen LogP contribution is -2.25. The molecule has 222 valence electrons. The number of esters is 1. The number of hydrogen-bond donors (Lipinski definition) is 0. The second-order valence-electron chi connectivity index (χ2n) is 11.9. The summed E-state index contributed by atoms with van der Waals surface area (Å²) in [5, 5.41) is 0. The summed E-state index contributed by atoms with van der Waals surface area (Å²) < 4.78 is 20.6. The average molecular weight is 553 g/mol. The molecule has 0 amide bonds. The minimum atomic E-state index is -0.578. The normalized spacial score (nSPS) is 17.2. The van der Waals surface area contributed by atoms with Crippen LogP contribution in [0.25, 0.3) is 11.4 Å². The van der Waals surface area contributed by atoms with Gasteiger partial charge in [0, 0.05) is 18.0 Å². The van der Waals surface area contributed by atoms with Crippen molar-refractivity contribution >= 4 is 5.97 Å². The maximum Gasteiger partial charge on any atom is 0.341 e. The molecule has 0 aliphatic heterocycles. The Morgan fingerprint density at radius 2 is 1.38 bits per heavy atom. The van der Waals surface area contributed by atoms with Crippen molar-refractivity contribution < 1.29 is 13.9 Å². The highest BCUT2D eigenvalue weighted by Gasteiger charge is 2.25. The Balaban J connectivity index is 1.37. The summed E-state index contributed by atoms with van der Waals surface area (Å²) in [6.45, 7) is 4.50. The van der Waals surface area contributed by atoms with Crippen molar-refractivity contribution in [2.45, 2.75) is 148 Å². The molecule has 1 aromatic carbocycles. The van der Waals surface area contributed by atoms with Crippen LogP contribution in [0.15, 0.2) is 30.6 Å². The SMILES string of the molecule is CCCCCCCCCc1cnc(-c2ccc(C(=O)OC3CCC(CCCCCCCCC)CC3)c(F)c2)nc1. The first-order valence-corrected chi connectivity index (χ1v) is 16.4. The molecular formula is C35H53FN2O2. The Bertz CT molecular complexity index is 970. The number of aryl methyl sites for hydroxylation is 1. The molecule has 0 saturated heterocycles. The van der Waals surface area contributed by atoms with Crippen LogP contribution in [0.2, 0.25) is 0 Å². The molecule has 1 fully saturated rings. The van der Waals surface area contributed by atoms with Gasteiger partial charge in [0.1, 0.15) is 11.9 Å². The Labute approximate surface area is 242 Å². The van der Waals surface area contributed by atoms with Gasteiger partial charge in [0.25, 0.3) is 0 Å². The molecule has 1 aromatic heterocycles. The van der Waals surface area contributed by atoms with Crippen molar-refractivity contribution in [1.82, 2.24) is 9.97 Å². The number of ether oxygens (including phenoxy) is 1. The van der Waals surface area contributed by atoms with Gasteiger partial charge in [-0.15, -0.1) is 0 Å². The fourth-order valence-corrected chi connectivity index (χ4v) is 5.88. The Morgan fingerprint density at radius 1 is 0.800 bits per heavy atom. The molecule has 5 heteroatoms. The Hall–Kier alpha value is -2.30. The van der Waals surface area contributed by atoms with Crippen molar-refractivity contribution in [3.8, 4) is 11.4 Å². The summed E-state index contributed by atoms with van der Waals surface area (Å²) in [7, 11) is 0. The average Bonchev–Trinajstić information content (AvgIpc) is 2.97. The number of benzene rings is 1. The maximum absolute atomic E-state index is 14.9. The van der Waals surface area contributed by atoms with Crippen LogP contribution in [-0.2, 0) is 11.2 Å². The van der Waals surface area contributed by atoms with Gasteiger partial charge in [0.2, 0.25) is 0 Å². The van der Waals surface area contributed by atoms with Gasteiger partial charge in [-0.2, -0.15) is 0 Å². The molecule has 0 bridgehead atoms. The van der Waals surface area contributed by atoms with E-state index in [2.05, 4.69) is 23.8 Å². The van der Waals surface area contributed by atoms with Crippen LogP contribution in [0, 0.1) is 11.7 Å². The second-order valence-corrected chi connectivity index (χ2v) is 11.9. The van der Waals surface area contributed by atoms with Crippen molar-refractivity contribution in [3.63, 3.8) is 0 Å². The quantitative estimate of drug-likeness (QED) is 0.128. The number of unbranched alkanes of at least 4 members (excludes halogenated alkanes) is 12. The van der Waals surface area contributed by atoms with Gasteiger partial charge < -0.3 is 4.74 Å². The first-order valence-electron chi connectivity index (χ1n) is 16.4. The molecule has 0 unspecified atom stereocenters. The summed E-state index contributed by atoms with van der Waals surface area (Å²) in [6, 6.07) is 4.57. The van der Waals surface area contributed by atoms with E-state index in [0.29, 0.717) is 11.4 Å². The lowest BCUT2D eigenvalue weighted by atomic mass is 9.84. The van der Waals surface area contributed by atoms with Crippen LogP contribution in [0.3, 0.4) is 0 Å². The van der Waals surface area contributed by atoms with Crippen molar-refractivity contribution in [2.75, 3.05) is 0 Å². The first kappa shape index (κ1) is 32.2. The molecule has 0 spiro atoms. The zero-order chi connectivity index (χ0) is 28.4. The zero-order valence-electron chi connectivity index (χ0n) is 25.3. The summed E-state index contributed by atoms with van der Waals surface area (Å²) in [6.07, 6.45) is 28.1. The summed E-state index contributed by atoms with van der Waals surface area (Å²) >= 11 is 0. The number of hydrogen-bond acceptors (Lipinski definition) is 4. The highest BCUT2D eigenvalue weighted by Crippen LogP contribution is 2.31. The zero-order valence-corrected chi connectivity index (χ0v) is 25.3. The van der Waals surface area contributed by atoms with Gasteiger partial charge >= 0.3 is 5.97 Å². The topological polar surface area (TPSA) is 52.1 Å². The van der Waals surface area contributed by atoms with Crippen molar-refractivity contribution in [2.24, 2.45) is 5.92 Å². The van der Waals surface area contributed by atoms with Crippen LogP contribution < -0.4 is 0 Å². The lowest BCUT2D eigenvalue weighted by Gasteiger charge is -2.28. The van der Waals surface area contributed by atoms with Gasteiger partial charge in [-0.1, -0.05) is 110 Å². The van der Waals surface area contributed by atoms with E-state index in [1.165, 1.54) is 102 Å². The van der Waals surface area contributed by atoms with E-state index in [1.54, 1.807) is 6.07 Å². The molecule has 1 aliphatic carbocycles. The number of carbonyl (C=O) groups excluding carboxylic acids is 1. The predicted molar refractivity (Wildman–Crippen MR) is 163 cm³/mol. The van der Waals surface area contributed by atoms with Crippen molar-refractivity contribution in [1.29, 1.82) is 0 Å². The smallest absolute Gasteiger partial charge is 0.341 e. The monoisotopic (exact) mass is 552 g/mol. The van der Waals surface area contributed by atoms with E-state index in [9.17, 15) is 9.18 Å². The van der Waals surface area contributed by atoms with E-state index in [-0.39, 0.29) is 11.7 Å². The van der Waals surface area contributed by atoms with Gasteiger partial charge in [-0.25, -0.2) is 19.2 Å². The second kappa shape index (κ2) is 18.9.